The third-order valence-corrected chi connectivity index (χ3v) is 6.42. The Morgan fingerprint density at radius 2 is 1.84 bits per heavy atom. The van der Waals surface area contributed by atoms with Gasteiger partial charge in [0.25, 0.3) is 0 Å². The van der Waals surface area contributed by atoms with E-state index in [1.807, 2.05) is 24.3 Å². The second-order valence-corrected chi connectivity index (χ2v) is 8.96. The molecule has 0 aliphatic carbocycles. The third kappa shape index (κ3) is 5.01. The quantitative estimate of drug-likeness (QED) is 0.430. The largest absolute Gasteiger partial charge is 0.352 e. The lowest BCUT2D eigenvalue weighted by molar-refractivity contribution is -0.121. The Morgan fingerprint density at radius 1 is 1.03 bits per heavy atom. The van der Waals surface area contributed by atoms with Gasteiger partial charge in [-0.1, -0.05) is 36.4 Å². The molecular weight excluding hydrogens is 431 g/mol. The predicted octanol–water partition coefficient (Wildman–Crippen LogP) is 3.15. The van der Waals surface area contributed by atoms with Crippen molar-refractivity contribution in [3.8, 4) is 5.69 Å². The second-order valence-electron chi connectivity index (χ2n) is 7.19. The van der Waals surface area contributed by atoms with Gasteiger partial charge >= 0.3 is 0 Å². The summed E-state index contributed by atoms with van der Waals surface area (Å²) in [5.74, 6) is -0.775. The second kappa shape index (κ2) is 9.29. The molecule has 0 unspecified atom stereocenters. The Labute approximate surface area is 185 Å². The van der Waals surface area contributed by atoms with E-state index < -0.39 is 15.8 Å². The summed E-state index contributed by atoms with van der Waals surface area (Å²) in [4.78, 5) is 16.1. The van der Waals surface area contributed by atoms with E-state index in [2.05, 4.69) is 15.0 Å². The Bertz CT molecular complexity index is 1350. The number of fused-ring (bicyclic) bond motifs is 1. The molecule has 1 aromatic heterocycles. The summed E-state index contributed by atoms with van der Waals surface area (Å²) in [5, 5.41) is 4.43. The van der Waals surface area contributed by atoms with Crippen LogP contribution in [-0.2, 0) is 21.4 Å². The summed E-state index contributed by atoms with van der Waals surface area (Å²) < 4.78 is 43.3. The van der Waals surface area contributed by atoms with Gasteiger partial charge in [-0.2, -0.15) is 0 Å². The lowest BCUT2D eigenvalue weighted by Gasteiger charge is -2.10. The smallest absolute Gasteiger partial charge is 0.240 e. The van der Waals surface area contributed by atoms with Crippen LogP contribution >= 0.6 is 0 Å². The fourth-order valence-electron chi connectivity index (χ4n) is 3.28. The maximum Gasteiger partial charge on any atom is 0.240 e. The minimum absolute atomic E-state index is 0.0393. The molecule has 3 aromatic carbocycles. The van der Waals surface area contributed by atoms with Gasteiger partial charge in [0.1, 0.15) is 5.82 Å². The van der Waals surface area contributed by atoms with Gasteiger partial charge in [0.2, 0.25) is 15.9 Å². The van der Waals surface area contributed by atoms with Gasteiger partial charge in [0, 0.05) is 31.9 Å². The van der Waals surface area contributed by atoms with Crippen LogP contribution in [0, 0.1) is 5.82 Å². The molecule has 0 aliphatic heterocycles. The van der Waals surface area contributed by atoms with Gasteiger partial charge in [-0.15, -0.1) is 0 Å². The summed E-state index contributed by atoms with van der Waals surface area (Å²) in [5.41, 5.74) is 0.956. The molecule has 2 N–H and O–H groups in total. The molecule has 4 aromatic rings. The number of hydrogen-bond donors (Lipinski definition) is 2. The number of halogens is 1. The van der Waals surface area contributed by atoms with Gasteiger partial charge in [-0.05, 0) is 40.6 Å². The number of aromatic nitrogens is 2. The number of imidazole rings is 1. The standard InChI is InChI=1S/C23H21FN4O3S/c24-21-13-17(5-8-22(21)28-12-11-25-16-28)15-26-23(29)9-10-27-32(30,31)20-7-6-18-3-1-2-4-19(18)14-20/h1-8,11-14,16,27H,9-10,15H2,(H,26,29). The van der Waals surface area contributed by atoms with Gasteiger partial charge in [0.15, 0.2) is 0 Å². The number of nitrogens with one attached hydrogen (secondary N) is 2. The van der Waals surface area contributed by atoms with Crippen molar-refractivity contribution in [1.82, 2.24) is 19.6 Å². The monoisotopic (exact) mass is 452 g/mol. The van der Waals surface area contributed by atoms with Crippen molar-refractivity contribution in [2.24, 2.45) is 0 Å². The van der Waals surface area contributed by atoms with Crippen LogP contribution in [0.1, 0.15) is 12.0 Å². The van der Waals surface area contributed by atoms with Crippen LogP contribution < -0.4 is 10.0 Å². The maximum atomic E-state index is 14.3. The fourth-order valence-corrected chi connectivity index (χ4v) is 4.34. The lowest BCUT2D eigenvalue weighted by atomic mass is 10.1. The molecule has 4 rings (SSSR count). The highest BCUT2D eigenvalue weighted by atomic mass is 32.2. The van der Waals surface area contributed by atoms with Gasteiger partial charge in [-0.3, -0.25) is 4.79 Å². The van der Waals surface area contributed by atoms with E-state index in [0.29, 0.717) is 11.3 Å². The van der Waals surface area contributed by atoms with Crippen molar-refractivity contribution in [3.05, 3.63) is 90.8 Å². The molecule has 0 fully saturated rings. The Kier molecular flexibility index (Phi) is 6.29. The first kappa shape index (κ1) is 21.7. The van der Waals surface area contributed by atoms with Crippen LogP contribution in [0.3, 0.4) is 0 Å². The Morgan fingerprint density at radius 3 is 2.59 bits per heavy atom. The summed E-state index contributed by atoms with van der Waals surface area (Å²) in [7, 11) is -3.73. The molecule has 0 spiro atoms. The zero-order valence-corrected chi connectivity index (χ0v) is 17.8. The molecule has 0 saturated carbocycles. The van der Waals surface area contributed by atoms with Crippen LogP contribution in [0.4, 0.5) is 4.39 Å². The van der Waals surface area contributed by atoms with E-state index in [9.17, 15) is 17.6 Å². The highest BCUT2D eigenvalue weighted by molar-refractivity contribution is 7.89. The number of carbonyl (C=O) groups is 1. The number of nitrogens with zero attached hydrogens (tertiary/aromatic N) is 2. The molecular formula is C23H21FN4O3S. The molecule has 0 aliphatic rings. The molecule has 1 heterocycles. The molecule has 32 heavy (non-hydrogen) atoms. The molecule has 1 amide bonds. The Hall–Kier alpha value is -3.56. The first-order valence-electron chi connectivity index (χ1n) is 9.94. The molecule has 0 saturated heterocycles. The molecule has 9 heteroatoms. The van der Waals surface area contributed by atoms with Crippen LogP contribution in [0.5, 0.6) is 0 Å². The average Bonchev–Trinajstić information content (AvgIpc) is 3.32. The number of benzene rings is 3. The van der Waals surface area contributed by atoms with E-state index in [1.54, 1.807) is 41.2 Å². The first-order valence-corrected chi connectivity index (χ1v) is 11.4. The van der Waals surface area contributed by atoms with E-state index >= 15 is 0 Å². The Balaban J connectivity index is 1.29. The summed E-state index contributed by atoms with van der Waals surface area (Å²) >= 11 is 0. The zero-order valence-electron chi connectivity index (χ0n) is 17.0. The predicted molar refractivity (Wildman–Crippen MR) is 119 cm³/mol. The average molecular weight is 453 g/mol. The van der Waals surface area contributed by atoms with Crippen molar-refractivity contribution in [2.45, 2.75) is 17.9 Å². The van der Waals surface area contributed by atoms with Crippen LogP contribution in [0.15, 0.2) is 84.3 Å². The number of carbonyl (C=O) groups excluding carboxylic acids is 1. The van der Waals surface area contributed by atoms with Crippen molar-refractivity contribution in [1.29, 1.82) is 0 Å². The zero-order chi connectivity index (χ0) is 22.6. The number of rotatable bonds is 8. The van der Waals surface area contributed by atoms with E-state index in [-0.39, 0.29) is 30.3 Å². The van der Waals surface area contributed by atoms with E-state index in [4.69, 9.17) is 0 Å². The van der Waals surface area contributed by atoms with Crippen molar-refractivity contribution >= 4 is 26.7 Å². The highest BCUT2D eigenvalue weighted by Crippen LogP contribution is 2.19. The fraction of sp³-hybridized carbons (Fsp3) is 0.130. The van der Waals surface area contributed by atoms with Crippen molar-refractivity contribution in [2.75, 3.05) is 6.54 Å². The van der Waals surface area contributed by atoms with Crippen LogP contribution in [-0.4, -0.2) is 30.4 Å². The highest BCUT2D eigenvalue weighted by Gasteiger charge is 2.15. The van der Waals surface area contributed by atoms with Gasteiger partial charge in [0.05, 0.1) is 16.9 Å². The molecule has 164 valence electrons. The molecule has 0 radical (unpaired) electrons. The lowest BCUT2D eigenvalue weighted by Crippen LogP contribution is -2.30. The van der Waals surface area contributed by atoms with Crippen LogP contribution in [0.25, 0.3) is 16.5 Å². The summed E-state index contributed by atoms with van der Waals surface area (Å²) in [6, 6.07) is 17.0. The minimum atomic E-state index is -3.73. The van der Waals surface area contributed by atoms with E-state index in [0.717, 1.165) is 10.8 Å². The number of hydrogen-bond acceptors (Lipinski definition) is 4. The topological polar surface area (TPSA) is 93.1 Å². The van der Waals surface area contributed by atoms with Gasteiger partial charge < -0.3 is 9.88 Å². The van der Waals surface area contributed by atoms with Gasteiger partial charge in [-0.25, -0.2) is 22.5 Å². The SMILES string of the molecule is O=C(CCNS(=O)(=O)c1ccc2ccccc2c1)NCc1ccc(-n2ccnc2)c(F)c1. The number of amides is 1. The first-order chi connectivity index (χ1) is 15.4. The third-order valence-electron chi connectivity index (χ3n) is 4.96. The normalized spacial score (nSPS) is 11.5. The van der Waals surface area contributed by atoms with Crippen LogP contribution in [0.2, 0.25) is 0 Å². The molecule has 0 bridgehead atoms. The maximum absolute atomic E-state index is 14.3. The van der Waals surface area contributed by atoms with Crippen molar-refractivity contribution in [3.63, 3.8) is 0 Å². The molecule has 0 atom stereocenters. The van der Waals surface area contributed by atoms with Crippen molar-refractivity contribution < 1.29 is 17.6 Å². The summed E-state index contributed by atoms with van der Waals surface area (Å²) in [6.07, 6.45) is 4.65. The molecule has 7 nitrogen and oxygen atoms in total. The number of sulfonamides is 1. The summed E-state index contributed by atoms with van der Waals surface area (Å²) in [6.45, 7) is 0.0896. The van der Waals surface area contributed by atoms with E-state index in [1.165, 1.54) is 18.5 Å². The minimum Gasteiger partial charge on any atom is -0.352 e.